The van der Waals surface area contributed by atoms with E-state index >= 15 is 0 Å². The number of hydrogen-bond acceptors (Lipinski definition) is 2. The van der Waals surface area contributed by atoms with Gasteiger partial charge in [0.1, 0.15) is 0 Å². The van der Waals surface area contributed by atoms with E-state index in [0.717, 1.165) is 25.1 Å². The van der Waals surface area contributed by atoms with Gasteiger partial charge in [-0.05, 0) is 60.7 Å². The molecule has 0 fully saturated rings. The Kier molecular flexibility index (Phi) is 3.42. The molecule has 0 aliphatic carbocycles. The molecule has 0 bridgehead atoms. The molecule has 0 unspecified atom stereocenters. The van der Waals surface area contributed by atoms with Crippen molar-refractivity contribution in [3.8, 4) is 0 Å². The summed E-state index contributed by atoms with van der Waals surface area (Å²) in [4.78, 5) is 13.4. The SMILES string of the molecule is Cc1ccc(CN2CCc3cc(C(=O)O)ccc32)cc1C. The standard InChI is InChI=1S/C18H19NO2/c1-12-3-4-14(9-13(12)2)11-19-8-7-15-10-16(18(20)21)5-6-17(15)19/h3-6,9-10H,7-8,11H2,1-2H3,(H,20,21). The zero-order valence-corrected chi connectivity index (χ0v) is 12.4. The predicted molar refractivity (Wildman–Crippen MR) is 84.1 cm³/mol. The van der Waals surface area contributed by atoms with Crippen molar-refractivity contribution >= 4 is 11.7 Å². The number of aryl methyl sites for hydroxylation is 2. The molecule has 2 aromatic rings. The molecule has 1 aliphatic rings. The summed E-state index contributed by atoms with van der Waals surface area (Å²) in [6.45, 7) is 6.08. The molecule has 21 heavy (non-hydrogen) atoms. The average molecular weight is 281 g/mol. The number of rotatable bonds is 3. The Morgan fingerprint density at radius 3 is 2.67 bits per heavy atom. The molecule has 108 valence electrons. The van der Waals surface area contributed by atoms with Gasteiger partial charge in [-0.25, -0.2) is 4.79 Å². The van der Waals surface area contributed by atoms with Crippen molar-refractivity contribution in [2.45, 2.75) is 26.8 Å². The Balaban J connectivity index is 1.84. The summed E-state index contributed by atoms with van der Waals surface area (Å²) in [6.07, 6.45) is 0.918. The lowest BCUT2D eigenvalue weighted by Gasteiger charge is -2.20. The van der Waals surface area contributed by atoms with E-state index in [4.69, 9.17) is 5.11 Å². The molecule has 0 amide bonds. The van der Waals surface area contributed by atoms with Crippen molar-refractivity contribution in [3.05, 3.63) is 64.2 Å². The topological polar surface area (TPSA) is 40.5 Å². The fourth-order valence-electron chi connectivity index (χ4n) is 2.89. The van der Waals surface area contributed by atoms with Crippen LogP contribution < -0.4 is 4.90 Å². The second kappa shape index (κ2) is 5.24. The Bertz CT molecular complexity index is 706. The van der Waals surface area contributed by atoms with E-state index in [1.807, 2.05) is 6.07 Å². The molecule has 0 aromatic heterocycles. The number of carboxylic acid groups (broad SMARTS) is 1. The molecule has 0 saturated heterocycles. The number of carboxylic acids is 1. The van der Waals surface area contributed by atoms with Crippen LogP contribution in [0.15, 0.2) is 36.4 Å². The smallest absolute Gasteiger partial charge is 0.335 e. The summed E-state index contributed by atoms with van der Waals surface area (Å²) in [5.41, 5.74) is 6.60. The minimum absolute atomic E-state index is 0.377. The van der Waals surface area contributed by atoms with Gasteiger partial charge in [-0.3, -0.25) is 0 Å². The molecule has 1 aliphatic heterocycles. The van der Waals surface area contributed by atoms with Crippen LogP contribution in [0.5, 0.6) is 0 Å². The highest BCUT2D eigenvalue weighted by atomic mass is 16.4. The molecule has 2 aromatic carbocycles. The number of carbonyl (C=O) groups is 1. The van der Waals surface area contributed by atoms with E-state index in [9.17, 15) is 4.79 Å². The van der Waals surface area contributed by atoms with Crippen molar-refractivity contribution in [1.82, 2.24) is 0 Å². The van der Waals surface area contributed by atoms with Crippen molar-refractivity contribution in [2.75, 3.05) is 11.4 Å². The third-order valence-corrected chi connectivity index (χ3v) is 4.26. The molecule has 3 rings (SSSR count). The fraction of sp³-hybridized carbons (Fsp3) is 0.278. The molecular formula is C18H19NO2. The zero-order chi connectivity index (χ0) is 15.0. The van der Waals surface area contributed by atoms with Crippen molar-refractivity contribution in [2.24, 2.45) is 0 Å². The van der Waals surface area contributed by atoms with E-state index in [1.165, 1.54) is 22.4 Å². The van der Waals surface area contributed by atoms with Crippen molar-refractivity contribution in [1.29, 1.82) is 0 Å². The van der Waals surface area contributed by atoms with E-state index in [1.54, 1.807) is 12.1 Å². The number of nitrogens with zero attached hydrogens (tertiary/aromatic N) is 1. The minimum atomic E-state index is -0.856. The van der Waals surface area contributed by atoms with Gasteiger partial charge < -0.3 is 10.0 Å². The molecule has 1 N–H and O–H groups in total. The first-order valence-corrected chi connectivity index (χ1v) is 7.22. The maximum absolute atomic E-state index is 11.0. The van der Waals surface area contributed by atoms with Crippen LogP contribution in [-0.2, 0) is 13.0 Å². The van der Waals surface area contributed by atoms with Crippen LogP contribution in [-0.4, -0.2) is 17.6 Å². The van der Waals surface area contributed by atoms with E-state index < -0.39 is 5.97 Å². The molecule has 1 heterocycles. The number of hydrogen-bond donors (Lipinski definition) is 1. The quantitative estimate of drug-likeness (QED) is 0.935. The van der Waals surface area contributed by atoms with Gasteiger partial charge >= 0.3 is 5.97 Å². The van der Waals surface area contributed by atoms with E-state index in [0.29, 0.717) is 5.56 Å². The first-order valence-electron chi connectivity index (χ1n) is 7.22. The Labute approximate surface area is 124 Å². The van der Waals surface area contributed by atoms with Crippen LogP contribution in [0, 0.1) is 13.8 Å². The second-order valence-corrected chi connectivity index (χ2v) is 5.74. The monoisotopic (exact) mass is 281 g/mol. The van der Waals surface area contributed by atoms with Gasteiger partial charge in [0, 0.05) is 18.8 Å². The highest BCUT2D eigenvalue weighted by Gasteiger charge is 2.20. The largest absolute Gasteiger partial charge is 0.478 e. The number of anilines is 1. The normalized spacial score (nSPS) is 13.3. The van der Waals surface area contributed by atoms with Crippen LogP contribution in [0.25, 0.3) is 0 Å². The van der Waals surface area contributed by atoms with Crippen LogP contribution in [0.1, 0.15) is 32.6 Å². The van der Waals surface area contributed by atoms with E-state index in [-0.39, 0.29) is 0 Å². The fourth-order valence-corrected chi connectivity index (χ4v) is 2.89. The van der Waals surface area contributed by atoms with Gasteiger partial charge in [-0.2, -0.15) is 0 Å². The molecule has 0 saturated carbocycles. The number of benzene rings is 2. The maximum atomic E-state index is 11.0. The average Bonchev–Trinajstić information content (AvgIpc) is 2.85. The maximum Gasteiger partial charge on any atom is 0.335 e. The van der Waals surface area contributed by atoms with Gasteiger partial charge in [0.25, 0.3) is 0 Å². The Hall–Kier alpha value is -2.29. The molecule has 0 radical (unpaired) electrons. The third-order valence-electron chi connectivity index (χ3n) is 4.26. The second-order valence-electron chi connectivity index (χ2n) is 5.74. The predicted octanol–water partition coefficient (Wildman–Crippen LogP) is 3.56. The van der Waals surface area contributed by atoms with Crippen LogP contribution in [0.2, 0.25) is 0 Å². The number of fused-ring (bicyclic) bond motifs is 1. The lowest BCUT2D eigenvalue weighted by Crippen LogP contribution is -2.19. The lowest BCUT2D eigenvalue weighted by molar-refractivity contribution is 0.0697. The van der Waals surface area contributed by atoms with Crippen molar-refractivity contribution < 1.29 is 9.90 Å². The third kappa shape index (κ3) is 2.64. The van der Waals surface area contributed by atoms with Gasteiger partial charge in [0.2, 0.25) is 0 Å². The van der Waals surface area contributed by atoms with E-state index in [2.05, 4.69) is 36.9 Å². The highest BCUT2D eigenvalue weighted by molar-refractivity contribution is 5.88. The van der Waals surface area contributed by atoms with Crippen LogP contribution in [0.4, 0.5) is 5.69 Å². The lowest BCUT2D eigenvalue weighted by atomic mass is 10.1. The summed E-state index contributed by atoms with van der Waals surface area (Å²) in [5.74, 6) is -0.856. The van der Waals surface area contributed by atoms with Gasteiger partial charge in [-0.1, -0.05) is 18.2 Å². The van der Waals surface area contributed by atoms with Crippen molar-refractivity contribution in [3.63, 3.8) is 0 Å². The first-order chi connectivity index (χ1) is 10.0. The summed E-state index contributed by atoms with van der Waals surface area (Å²) in [7, 11) is 0. The van der Waals surface area contributed by atoms with Crippen LogP contribution >= 0.6 is 0 Å². The Morgan fingerprint density at radius 1 is 1.14 bits per heavy atom. The highest BCUT2D eigenvalue weighted by Crippen LogP contribution is 2.30. The van der Waals surface area contributed by atoms with Crippen LogP contribution in [0.3, 0.4) is 0 Å². The first kappa shape index (κ1) is 13.7. The summed E-state index contributed by atoms with van der Waals surface area (Å²) < 4.78 is 0. The minimum Gasteiger partial charge on any atom is -0.478 e. The molecule has 0 atom stereocenters. The molecular weight excluding hydrogens is 262 g/mol. The Morgan fingerprint density at radius 2 is 1.95 bits per heavy atom. The molecule has 3 heteroatoms. The number of aromatic carboxylic acids is 1. The zero-order valence-electron chi connectivity index (χ0n) is 12.4. The summed E-state index contributed by atoms with van der Waals surface area (Å²) >= 11 is 0. The van der Waals surface area contributed by atoms with Gasteiger partial charge in [0.05, 0.1) is 5.56 Å². The molecule has 0 spiro atoms. The summed E-state index contributed by atoms with van der Waals surface area (Å²) in [6, 6.07) is 12.0. The molecule has 3 nitrogen and oxygen atoms in total. The van der Waals surface area contributed by atoms with Gasteiger partial charge in [0.15, 0.2) is 0 Å². The summed E-state index contributed by atoms with van der Waals surface area (Å²) in [5, 5.41) is 9.06. The van der Waals surface area contributed by atoms with Gasteiger partial charge in [-0.15, -0.1) is 0 Å².